The van der Waals surface area contributed by atoms with E-state index in [1.165, 1.54) is 12.1 Å². The van der Waals surface area contributed by atoms with Gasteiger partial charge in [0.15, 0.2) is 0 Å². The largest absolute Gasteiger partial charge is 0.480 e. The molecule has 0 aliphatic carbocycles. The summed E-state index contributed by atoms with van der Waals surface area (Å²) in [6.45, 7) is 1.71. The number of amides is 1. The predicted molar refractivity (Wildman–Crippen MR) is 79.1 cm³/mol. The van der Waals surface area contributed by atoms with Crippen molar-refractivity contribution in [2.24, 2.45) is 5.73 Å². The standard InChI is InChI=1S/C12H15BrN2O5S/c1-7-6-8(2-3-9(7)13)21(19,20)15-10(12(17)18)4-5-11(14)16/h2-3,6,10,15H,4-5H2,1H3,(H2,14,16)(H,17,18)/t10-/m0/s1. The monoisotopic (exact) mass is 378 g/mol. The maximum Gasteiger partial charge on any atom is 0.321 e. The Morgan fingerprint density at radius 2 is 2.05 bits per heavy atom. The van der Waals surface area contributed by atoms with Crippen molar-refractivity contribution in [1.29, 1.82) is 0 Å². The van der Waals surface area contributed by atoms with Gasteiger partial charge in [-0.2, -0.15) is 4.72 Å². The number of carboxylic acids is 1. The highest BCUT2D eigenvalue weighted by Gasteiger charge is 2.25. The number of nitrogens with two attached hydrogens (primary N) is 1. The van der Waals surface area contributed by atoms with E-state index in [1.807, 2.05) is 0 Å². The molecule has 0 bridgehead atoms. The van der Waals surface area contributed by atoms with Crippen molar-refractivity contribution in [3.05, 3.63) is 28.2 Å². The molecule has 7 nitrogen and oxygen atoms in total. The molecule has 0 unspecified atom stereocenters. The number of rotatable bonds is 7. The number of sulfonamides is 1. The summed E-state index contributed by atoms with van der Waals surface area (Å²) in [5.41, 5.74) is 5.63. The first kappa shape index (κ1) is 17.6. The van der Waals surface area contributed by atoms with Gasteiger partial charge in [0, 0.05) is 10.9 Å². The number of carbonyl (C=O) groups is 2. The van der Waals surface area contributed by atoms with E-state index in [0.29, 0.717) is 5.56 Å². The van der Waals surface area contributed by atoms with Crippen molar-refractivity contribution in [3.63, 3.8) is 0 Å². The van der Waals surface area contributed by atoms with Crippen LogP contribution in [0.1, 0.15) is 18.4 Å². The zero-order chi connectivity index (χ0) is 16.2. The molecule has 1 rings (SSSR count). The lowest BCUT2D eigenvalue weighted by atomic mass is 10.2. The first-order valence-electron chi connectivity index (χ1n) is 5.93. The topological polar surface area (TPSA) is 127 Å². The highest BCUT2D eigenvalue weighted by atomic mass is 79.9. The van der Waals surface area contributed by atoms with Gasteiger partial charge in [-0.25, -0.2) is 8.42 Å². The number of carbonyl (C=O) groups excluding carboxylic acids is 1. The zero-order valence-corrected chi connectivity index (χ0v) is 13.6. The minimum Gasteiger partial charge on any atom is -0.480 e. The Kier molecular flexibility index (Phi) is 5.87. The average Bonchev–Trinajstić information content (AvgIpc) is 2.37. The smallest absolute Gasteiger partial charge is 0.321 e. The van der Waals surface area contributed by atoms with Gasteiger partial charge in [0.1, 0.15) is 6.04 Å². The lowest BCUT2D eigenvalue weighted by Crippen LogP contribution is -2.41. The molecular formula is C12H15BrN2O5S. The molecule has 0 saturated carbocycles. The van der Waals surface area contributed by atoms with Gasteiger partial charge in [-0.05, 0) is 37.1 Å². The van der Waals surface area contributed by atoms with E-state index >= 15 is 0 Å². The van der Waals surface area contributed by atoms with Gasteiger partial charge in [0.05, 0.1) is 4.90 Å². The highest BCUT2D eigenvalue weighted by molar-refractivity contribution is 9.10. The Labute approximate surface area is 130 Å². The number of halogens is 1. The molecule has 1 atom stereocenters. The summed E-state index contributed by atoms with van der Waals surface area (Å²) in [6, 6.07) is 2.92. The molecule has 0 fully saturated rings. The molecule has 1 aromatic carbocycles. The van der Waals surface area contributed by atoms with Crippen molar-refractivity contribution >= 4 is 37.8 Å². The van der Waals surface area contributed by atoms with Crippen LogP contribution in [0, 0.1) is 6.92 Å². The van der Waals surface area contributed by atoms with Crippen LogP contribution in [0.15, 0.2) is 27.6 Å². The quantitative estimate of drug-likeness (QED) is 0.645. The summed E-state index contributed by atoms with van der Waals surface area (Å²) in [5, 5.41) is 9.01. The minimum atomic E-state index is -4.00. The van der Waals surface area contributed by atoms with Gasteiger partial charge in [0.25, 0.3) is 0 Å². The summed E-state index contributed by atoms with van der Waals surface area (Å²) in [6.07, 6.45) is -0.432. The van der Waals surface area contributed by atoms with E-state index in [0.717, 1.165) is 4.47 Å². The van der Waals surface area contributed by atoms with Gasteiger partial charge in [0.2, 0.25) is 15.9 Å². The van der Waals surface area contributed by atoms with E-state index < -0.39 is 27.9 Å². The average molecular weight is 379 g/mol. The van der Waals surface area contributed by atoms with Crippen molar-refractivity contribution in [2.75, 3.05) is 0 Å². The molecule has 4 N–H and O–H groups in total. The minimum absolute atomic E-state index is 0.0477. The zero-order valence-electron chi connectivity index (χ0n) is 11.2. The molecule has 21 heavy (non-hydrogen) atoms. The molecule has 0 aliphatic rings. The van der Waals surface area contributed by atoms with Gasteiger partial charge < -0.3 is 10.8 Å². The van der Waals surface area contributed by atoms with E-state index in [4.69, 9.17) is 10.8 Å². The van der Waals surface area contributed by atoms with E-state index in [9.17, 15) is 18.0 Å². The third-order valence-corrected chi connectivity index (χ3v) is 5.07. The lowest BCUT2D eigenvalue weighted by molar-refractivity contribution is -0.139. The van der Waals surface area contributed by atoms with Crippen LogP contribution in [0.25, 0.3) is 0 Å². The fraction of sp³-hybridized carbons (Fsp3) is 0.333. The highest BCUT2D eigenvalue weighted by Crippen LogP contribution is 2.20. The second-order valence-corrected chi connectivity index (χ2v) is 7.00. The Hall–Kier alpha value is -1.45. The normalized spacial score (nSPS) is 12.9. The summed E-state index contributed by atoms with van der Waals surface area (Å²) < 4.78 is 27.1. The van der Waals surface area contributed by atoms with Crippen molar-refractivity contribution < 1.29 is 23.1 Å². The number of aryl methyl sites for hydroxylation is 1. The molecule has 0 radical (unpaired) electrons. The van der Waals surface area contributed by atoms with E-state index in [2.05, 4.69) is 20.7 Å². The molecule has 0 aliphatic heterocycles. The Balaban J connectivity index is 2.97. The van der Waals surface area contributed by atoms with Crippen LogP contribution in [0.4, 0.5) is 0 Å². The van der Waals surface area contributed by atoms with Crippen LogP contribution in [0.3, 0.4) is 0 Å². The predicted octanol–water partition coefficient (Wildman–Crippen LogP) is 0.755. The summed E-state index contributed by atoms with van der Waals surface area (Å²) in [5.74, 6) is -2.06. The van der Waals surface area contributed by atoms with Crippen LogP contribution < -0.4 is 10.5 Å². The third kappa shape index (κ3) is 5.10. The molecule has 9 heteroatoms. The SMILES string of the molecule is Cc1cc(S(=O)(=O)N[C@@H](CCC(N)=O)C(=O)O)ccc1Br. The van der Waals surface area contributed by atoms with Crippen LogP contribution in [-0.4, -0.2) is 31.4 Å². The van der Waals surface area contributed by atoms with Crippen molar-refractivity contribution in [1.82, 2.24) is 4.72 Å². The van der Waals surface area contributed by atoms with Gasteiger partial charge in [-0.3, -0.25) is 9.59 Å². The molecule has 0 saturated heterocycles. The third-order valence-electron chi connectivity index (χ3n) is 2.71. The second kappa shape index (κ2) is 7.01. The summed E-state index contributed by atoms with van der Waals surface area (Å²) in [7, 11) is -4.00. The Morgan fingerprint density at radius 1 is 1.43 bits per heavy atom. The van der Waals surface area contributed by atoms with Crippen LogP contribution in [-0.2, 0) is 19.6 Å². The van der Waals surface area contributed by atoms with Crippen LogP contribution in [0.5, 0.6) is 0 Å². The number of benzene rings is 1. The van der Waals surface area contributed by atoms with Gasteiger partial charge in [-0.1, -0.05) is 15.9 Å². The Bertz CT molecular complexity index is 660. The number of nitrogens with one attached hydrogen (secondary N) is 1. The second-order valence-electron chi connectivity index (χ2n) is 4.43. The van der Waals surface area contributed by atoms with Crippen molar-refractivity contribution in [3.8, 4) is 0 Å². The molecular weight excluding hydrogens is 364 g/mol. The van der Waals surface area contributed by atoms with Crippen LogP contribution in [0.2, 0.25) is 0 Å². The Morgan fingerprint density at radius 3 is 2.52 bits per heavy atom. The van der Waals surface area contributed by atoms with E-state index in [-0.39, 0.29) is 17.7 Å². The lowest BCUT2D eigenvalue weighted by Gasteiger charge is -2.14. The molecule has 0 aromatic heterocycles. The number of aliphatic carboxylic acids is 1. The first-order chi connectivity index (χ1) is 9.63. The first-order valence-corrected chi connectivity index (χ1v) is 8.20. The summed E-state index contributed by atoms with van der Waals surface area (Å²) >= 11 is 3.25. The number of hydrogen-bond acceptors (Lipinski definition) is 4. The maximum atomic E-state index is 12.1. The number of hydrogen-bond donors (Lipinski definition) is 3. The molecule has 0 spiro atoms. The van der Waals surface area contributed by atoms with E-state index in [1.54, 1.807) is 13.0 Å². The van der Waals surface area contributed by atoms with Crippen LogP contribution >= 0.6 is 15.9 Å². The summed E-state index contributed by atoms with van der Waals surface area (Å²) in [4.78, 5) is 21.7. The fourth-order valence-electron chi connectivity index (χ4n) is 1.56. The fourth-order valence-corrected chi connectivity index (χ4v) is 3.11. The van der Waals surface area contributed by atoms with Gasteiger partial charge >= 0.3 is 5.97 Å². The number of primary amides is 1. The molecule has 1 aromatic rings. The molecule has 1 amide bonds. The molecule has 116 valence electrons. The maximum absolute atomic E-state index is 12.1. The van der Waals surface area contributed by atoms with Crippen molar-refractivity contribution in [2.45, 2.75) is 30.7 Å². The number of carboxylic acid groups (broad SMARTS) is 1. The molecule has 0 heterocycles. The van der Waals surface area contributed by atoms with Gasteiger partial charge in [-0.15, -0.1) is 0 Å².